The highest BCUT2D eigenvalue weighted by atomic mass is 28.4. The maximum absolute atomic E-state index is 11.5. The third kappa shape index (κ3) is 3.98. The first-order valence-corrected chi connectivity index (χ1v) is 14.0. The average molecular weight is 493 g/mol. The second-order valence-corrected chi connectivity index (χ2v) is 15.2. The molecular weight excluding hydrogens is 456 g/mol. The first-order valence-electron chi connectivity index (χ1n) is 12.1. The molecule has 4 atom stereocenters. The molecule has 5 nitrogen and oxygen atoms in total. The zero-order valence-corrected chi connectivity index (χ0v) is 21.8. The van der Waals surface area contributed by atoms with Gasteiger partial charge in [0.25, 0.3) is 8.32 Å². The van der Waals surface area contributed by atoms with Crippen molar-refractivity contribution in [3.05, 3.63) is 96.1 Å². The summed E-state index contributed by atoms with van der Waals surface area (Å²) in [6.07, 6.45) is -2.68. The van der Waals surface area contributed by atoms with Crippen LogP contribution in [-0.2, 0) is 10.0 Å². The van der Waals surface area contributed by atoms with Crippen LogP contribution in [0.15, 0.2) is 84.9 Å². The van der Waals surface area contributed by atoms with Crippen molar-refractivity contribution in [2.24, 2.45) is 5.41 Å². The molecule has 0 bridgehead atoms. The van der Waals surface area contributed by atoms with E-state index in [1.165, 1.54) is 6.92 Å². The van der Waals surface area contributed by atoms with Crippen LogP contribution in [-0.4, -0.2) is 48.1 Å². The number of hydrogen-bond acceptors (Lipinski definition) is 5. The smallest absolute Gasteiger partial charge is 0.261 e. The first kappa shape index (κ1) is 25.8. The van der Waals surface area contributed by atoms with Crippen molar-refractivity contribution in [1.82, 2.24) is 0 Å². The lowest BCUT2D eigenvalue weighted by atomic mass is 9.62. The van der Waals surface area contributed by atoms with Crippen molar-refractivity contribution in [3.63, 3.8) is 0 Å². The number of fused-ring (bicyclic) bond motifs is 1. The van der Waals surface area contributed by atoms with Crippen molar-refractivity contribution >= 4 is 18.7 Å². The first-order chi connectivity index (χ1) is 16.5. The molecule has 1 aliphatic rings. The van der Waals surface area contributed by atoms with Crippen LogP contribution >= 0.6 is 0 Å². The summed E-state index contributed by atoms with van der Waals surface area (Å²) >= 11 is 0. The highest BCUT2D eigenvalue weighted by Gasteiger charge is 2.60. The summed E-state index contributed by atoms with van der Waals surface area (Å²) in [5.41, 5.74) is -2.25. The summed E-state index contributed by atoms with van der Waals surface area (Å²) in [6.45, 7) is 7.26. The van der Waals surface area contributed by atoms with Crippen LogP contribution in [0.25, 0.3) is 0 Å². The number of rotatable bonds is 6. The summed E-state index contributed by atoms with van der Waals surface area (Å²) in [5, 5.41) is 46.8. The normalized spacial score (nSPS) is 26.9. The molecule has 186 valence electrons. The van der Waals surface area contributed by atoms with E-state index in [2.05, 4.69) is 45.0 Å². The minimum absolute atomic E-state index is 0.135. The van der Waals surface area contributed by atoms with E-state index in [1.807, 2.05) is 36.4 Å². The average Bonchev–Trinajstić information content (AvgIpc) is 2.86. The summed E-state index contributed by atoms with van der Waals surface area (Å²) < 4.78 is 7.00. The van der Waals surface area contributed by atoms with E-state index >= 15 is 0 Å². The molecule has 0 spiro atoms. The fourth-order valence-corrected chi connectivity index (χ4v) is 10.4. The lowest BCUT2D eigenvalue weighted by molar-refractivity contribution is -0.207. The molecule has 35 heavy (non-hydrogen) atoms. The molecule has 4 rings (SSSR count). The lowest BCUT2D eigenvalue weighted by Crippen LogP contribution is -2.69. The van der Waals surface area contributed by atoms with E-state index in [-0.39, 0.29) is 11.6 Å². The van der Waals surface area contributed by atoms with Crippen LogP contribution in [0.2, 0.25) is 5.04 Å². The van der Waals surface area contributed by atoms with Crippen molar-refractivity contribution in [3.8, 4) is 0 Å². The highest BCUT2D eigenvalue weighted by molar-refractivity contribution is 6.99. The summed E-state index contributed by atoms with van der Waals surface area (Å²) in [7, 11) is -3.01. The molecule has 0 saturated carbocycles. The minimum Gasteiger partial charge on any atom is -0.407 e. The molecule has 6 heteroatoms. The minimum atomic E-state index is -3.01. The predicted molar refractivity (Wildman–Crippen MR) is 140 cm³/mol. The fraction of sp³-hybridized carbons (Fsp3) is 0.379. The Bertz CT molecular complexity index is 1100. The monoisotopic (exact) mass is 492 g/mol. The van der Waals surface area contributed by atoms with Crippen molar-refractivity contribution in [2.75, 3.05) is 13.2 Å². The Morgan fingerprint density at radius 2 is 1.31 bits per heavy atom. The molecule has 0 heterocycles. The van der Waals surface area contributed by atoms with Gasteiger partial charge in [0.05, 0.1) is 24.2 Å². The van der Waals surface area contributed by atoms with Crippen molar-refractivity contribution in [1.29, 1.82) is 0 Å². The van der Waals surface area contributed by atoms with Crippen molar-refractivity contribution < 1.29 is 24.9 Å². The molecule has 0 radical (unpaired) electrons. The number of aliphatic hydroxyl groups is 4. The predicted octanol–water partition coefficient (Wildman–Crippen LogP) is 2.86. The fourth-order valence-electron chi connectivity index (χ4n) is 5.74. The summed E-state index contributed by atoms with van der Waals surface area (Å²) in [6, 6.07) is 27.1. The van der Waals surface area contributed by atoms with E-state index in [0.29, 0.717) is 11.1 Å². The lowest BCUT2D eigenvalue weighted by Gasteiger charge is -2.53. The van der Waals surface area contributed by atoms with E-state index in [4.69, 9.17) is 4.43 Å². The van der Waals surface area contributed by atoms with Gasteiger partial charge in [-0.3, -0.25) is 0 Å². The van der Waals surface area contributed by atoms with Crippen LogP contribution in [0, 0.1) is 5.41 Å². The van der Waals surface area contributed by atoms with Gasteiger partial charge in [-0.1, -0.05) is 106 Å². The second kappa shape index (κ2) is 9.28. The number of aliphatic hydroxyl groups excluding tert-OH is 3. The molecular formula is C29H36O5Si. The second-order valence-electron chi connectivity index (χ2n) is 10.9. The van der Waals surface area contributed by atoms with E-state index in [1.54, 1.807) is 24.3 Å². The number of benzene rings is 3. The molecule has 3 aromatic rings. The van der Waals surface area contributed by atoms with Gasteiger partial charge in [-0.05, 0) is 33.5 Å². The van der Waals surface area contributed by atoms with E-state index in [9.17, 15) is 20.4 Å². The van der Waals surface area contributed by atoms with Gasteiger partial charge >= 0.3 is 0 Å². The summed E-state index contributed by atoms with van der Waals surface area (Å²) in [5.74, 6) is 0. The zero-order valence-electron chi connectivity index (χ0n) is 20.8. The Labute approximate surface area is 208 Å². The third-order valence-electron chi connectivity index (χ3n) is 7.69. The van der Waals surface area contributed by atoms with Crippen LogP contribution in [0.4, 0.5) is 0 Å². The maximum atomic E-state index is 11.5. The van der Waals surface area contributed by atoms with Crippen LogP contribution < -0.4 is 10.4 Å². The largest absolute Gasteiger partial charge is 0.407 e. The van der Waals surface area contributed by atoms with Gasteiger partial charge in [-0.2, -0.15) is 0 Å². The van der Waals surface area contributed by atoms with Crippen LogP contribution in [0.3, 0.4) is 0 Å². The topological polar surface area (TPSA) is 90.2 Å². The molecule has 0 saturated heterocycles. The van der Waals surface area contributed by atoms with Gasteiger partial charge in [-0.25, -0.2) is 0 Å². The Kier molecular flexibility index (Phi) is 6.83. The molecule has 0 amide bonds. The summed E-state index contributed by atoms with van der Waals surface area (Å²) in [4.78, 5) is 0. The highest BCUT2D eigenvalue weighted by Crippen LogP contribution is 2.52. The Morgan fingerprint density at radius 1 is 0.829 bits per heavy atom. The Balaban J connectivity index is 1.87. The zero-order chi connectivity index (χ0) is 25.5. The van der Waals surface area contributed by atoms with E-state index in [0.717, 1.165) is 10.4 Å². The molecule has 3 aromatic carbocycles. The van der Waals surface area contributed by atoms with Gasteiger partial charge in [0, 0.05) is 6.61 Å². The van der Waals surface area contributed by atoms with Gasteiger partial charge < -0.3 is 24.9 Å². The van der Waals surface area contributed by atoms with Crippen LogP contribution in [0.5, 0.6) is 0 Å². The van der Waals surface area contributed by atoms with Gasteiger partial charge in [0.1, 0.15) is 5.60 Å². The Hall–Kier alpha value is -2.32. The SMILES string of the molecule is CC(C)(C)[Si](OC[C@]1(CO)[C@@H](O)[C@@](C)(O)c2ccccc2[C@@H]1O)(c1ccccc1)c1ccccc1. The molecule has 0 unspecified atom stereocenters. The molecule has 1 aliphatic carbocycles. The maximum Gasteiger partial charge on any atom is 0.261 e. The quantitative estimate of drug-likeness (QED) is 0.398. The standard InChI is InChI=1S/C29H36O5Si/c1-27(2,3)35(21-13-7-5-8-14-21,22-15-9-6-10-16-22)34-20-29(19-30)25(31)23-17-11-12-18-24(23)28(4,33)26(29)32/h5-18,25-26,30-33H,19-20H2,1-4H3/t25-,26-,28-,29-/m0/s1. The number of hydrogen-bond donors (Lipinski definition) is 4. The molecule has 0 aliphatic heterocycles. The molecule has 0 aromatic heterocycles. The van der Waals surface area contributed by atoms with E-state index < -0.39 is 38.1 Å². The third-order valence-corrected chi connectivity index (χ3v) is 12.7. The Morgan fingerprint density at radius 3 is 1.80 bits per heavy atom. The molecule has 0 fully saturated rings. The van der Waals surface area contributed by atoms with Gasteiger partial charge in [0.15, 0.2) is 0 Å². The van der Waals surface area contributed by atoms with Crippen LogP contribution in [0.1, 0.15) is 44.9 Å². The molecule has 4 N–H and O–H groups in total. The van der Waals surface area contributed by atoms with Gasteiger partial charge in [0.2, 0.25) is 0 Å². The van der Waals surface area contributed by atoms with Gasteiger partial charge in [-0.15, -0.1) is 0 Å². The van der Waals surface area contributed by atoms with Crippen molar-refractivity contribution in [2.45, 2.75) is 50.5 Å².